The van der Waals surface area contributed by atoms with E-state index in [1.165, 1.54) is 0 Å². The number of fused-ring (bicyclic) bond motifs is 1. The van der Waals surface area contributed by atoms with Gasteiger partial charge < -0.3 is 5.32 Å². The largest absolute Gasteiger partial charge is 0.313 e. The molecule has 2 aromatic rings. The molecule has 21 heavy (non-hydrogen) atoms. The maximum absolute atomic E-state index is 12.2. The van der Waals surface area contributed by atoms with E-state index in [-0.39, 0.29) is 18.4 Å². The average Bonchev–Trinajstić information content (AvgIpc) is 2.45. The molecule has 2 aromatic carbocycles. The Labute approximate surface area is 132 Å². The van der Waals surface area contributed by atoms with E-state index in [0.717, 1.165) is 17.3 Å². The molecule has 0 radical (unpaired) electrons. The van der Waals surface area contributed by atoms with Crippen molar-refractivity contribution in [3.63, 3.8) is 0 Å². The summed E-state index contributed by atoms with van der Waals surface area (Å²) in [6.07, 6.45) is 0. The van der Waals surface area contributed by atoms with E-state index in [4.69, 9.17) is 0 Å². The van der Waals surface area contributed by atoms with Crippen molar-refractivity contribution in [2.45, 2.75) is 24.8 Å². The lowest BCUT2D eigenvalue weighted by Crippen LogP contribution is -2.38. The Balaban J connectivity index is 0.00000220. The van der Waals surface area contributed by atoms with Crippen LogP contribution in [0.15, 0.2) is 47.4 Å². The predicted octanol–water partition coefficient (Wildman–Crippen LogP) is 2.54. The van der Waals surface area contributed by atoms with Crippen molar-refractivity contribution in [3.05, 3.63) is 42.5 Å². The number of sulfonamides is 1. The molecule has 116 valence electrons. The number of benzene rings is 2. The summed E-state index contributed by atoms with van der Waals surface area (Å²) >= 11 is 0. The summed E-state index contributed by atoms with van der Waals surface area (Å²) in [5.74, 6) is 0. The molecule has 0 aliphatic carbocycles. The van der Waals surface area contributed by atoms with Gasteiger partial charge in [-0.1, -0.05) is 37.3 Å². The zero-order valence-electron chi connectivity index (χ0n) is 12.2. The minimum atomic E-state index is -3.46. The molecule has 0 aromatic heterocycles. The summed E-state index contributed by atoms with van der Waals surface area (Å²) in [5.41, 5.74) is 0. The fraction of sp³-hybridized carbons (Fsp3) is 0.333. The quantitative estimate of drug-likeness (QED) is 0.856. The van der Waals surface area contributed by atoms with Crippen LogP contribution in [0, 0.1) is 0 Å². The van der Waals surface area contributed by atoms with Gasteiger partial charge in [0.1, 0.15) is 0 Å². The van der Waals surface area contributed by atoms with Gasteiger partial charge in [0.25, 0.3) is 0 Å². The molecular weight excluding hydrogens is 308 g/mol. The van der Waals surface area contributed by atoms with E-state index in [0.29, 0.717) is 11.4 Å². The SMILES string of the molecule is CCN[C@H](C)CNS(=O)(=O)c1ccc2ccccc2c1.Cl. The number of halogens is 1. The Kier molecular flexibility index (Phi) is 6.61. The first-order valence-corrected chi connectivity index (χ1v) is 8.23. The van der Waals surface area contributed by atoms with E-state index in [1.807, 2.05) is 44.2 Å². The number of hydrogen-bond acceptors (Lipinski definition) is 3. The third-order valence-corrected chi connectivity index (χ3v) is 4.58. The molecule has 0 saturated heterocycles. The normalized spacial score (nSPS) is 12.9. The first kappa shape index (κ1) is 17.9. The van der Waals surface area contributed by atoms with Gasteiger partial charge in [0.05, 0.1) is 4.90 Å². The van der Waals surface area contributed by atoms with Crippen LogP contribution < -0.4 is 10.0 Å². The van der Waals surface area contributed by atoms with E-state index >= 15 is 0 Å². The highest BCUT2D eigenvalue weighted by atomic mass is 35.5. The van der Waals surface area contributed by atoms with E-state index < -0.39 is 10.0 Å². The zero-order chi connectivity index (χ0) is 14.6. The highest BCUT2D eigenvalue weighted by Crippen LogP contribution is 2.18. The van der Waals surface area contributed by atoms with Gasteiger partial charge in [0, 0.05) is 12.6 Å². The van der Waals surface area contributed by atoms with Gasteiger partial charge in [-0.3, -0.25) is 0 Å². The van der Waals surface area contributed by atoms with Gasteiger partial charge in [0.2, 0.25) is 10.0 Å². The lowest BCUT2D eigenvalue weighted by molar-refractivity contribution is 0.536. The minimum absolute atomic E-state index is 0. The minimum Gasteiger partial charge on any atom is -0.313 e. The van der Waals surface area contributed by atoms with Crippen molar-refractivity contribution in [3.8, 4) is 0 Å². The van der Waals surface area contributed by atoms with Crippen LogP contribution >= 0.6 is 12.4 Å². The number of nitrogens with one attached hydrogen (secondary N) is 2. The second-order valence-corrected chi connectivity index (χ2v) is 6.59. The second-order valence-electron chi connectivity index (χ2n) is 4.82. The molecule has 0 heterocycles. The maximum atomic E-state index is 12.2. The molecule has 2 N–H and O–H groups in total. The zero-order valence-corrected chi connectivity index (χ0v) is 13.8. The van der Waals surface area contributed by atoms with E-state index in [2.05, 4.69) is 10.0 Å². The molecule has 0 bridgehead atoms. The summed E-state index contributed by atoms with van der Waals surface area (Å²) in [6.45, 7) is 5.14. The molecule has 0 saturated carbocycles. The van der Waals surface area contributed by atoms with Gasteiger partial charge in [-0.05, 0) is 36.4 Å². The van der Waals surface area contributed by atoms with Crippen molar-refractivity contribution in [1.82, 2.24) is 10.0 Å². The summed E-state index contributed by atoms with van der Waals surface area (Å²) in [7, 11) is -3.46. The Morgan fingerprint density at radius 3 is 2.43 bits per heavy atom. The van der Waals surface area contributed by atoms with Crippen LogP contribution in [0.1, 0.15) is 13.8 Å². The predicted molar refractivity (Wildman–Crippen MR) is 89.5 cm³/mol. The fourth-order valence-corrected chi connectivity index (χ4v) is 3.24. The third-order valence-electron chi connectivity index (χ3n) is 3.16. The topological polar surface area (TPSA) is 58.2 Å². The van der Waals surface area contributed by atoms with Gasteiger partial charge >= 0.3 is 0 Å². The Morgan fingerprint density at radius 1 is 1.10 bits per heavy atom. The second kappa shape index (κ2) is 7.75. The van der Waals surface area contributed by atoms with E-state index in [1.54, 1.807) is 12.1 Å². The Hall–Kier alpha value is -1.14. The molecule has 0 aliphatic heterocycles. The molecule has 0 unspecified atom stereocenters. The van der Waals surface area contributed by atoms with Crippen LogP contribution in [0.25, 0.3) is 10.8 Å². The highest BCUT2D eigenvalue weighted by Gasteiger charge is 2.15. The Bertz CT molecular complexity index is 689. The van der Waals surface area contributed by atoms with Crippen molar-refractivity contribution in [1.29, 1.82) is 0 Å². The lowest BCUT2D eigenvalue weighted by atomic mass is 10.1. The van der Waals surface area contributed by atoms with Crippen LogP contribution in [0.3, 0.4) is 0 Å². The van der Waals surface area contributed by atoms with Crippen LogP contribution in [0.5, 0.6) is 0 Å². The molecular formula is C15H21ClN2O2S. The van der Waals surface area contributed by atoms with Gasteiger partial charge in [-0.2, -0.15) is 0 Å². The Morgan fingerprint density at radius 2 is 1.76 bits per heavy atom. The third kappa shape index (κ3) is 4.68. The van der Waals surface area contributed by atoms with Crippen LogP contribution in [0.4, 0.5) is 0 Å². The molecule has 4 nitrogen and oxygen atoms in total. The van der Waals surface area contributed by atoms with Crippen molar-refractivity contribution in [2.75, 3.05) is 13.1 Å². The standard InChI is InChI=1S/C15H20N2O2S.ClH/c1-3-16-12(2)11-17-20(18,19)15-9-8-13-6-4-5-7-14(13)10-15;/h4-10,12,16-17H,3,11H2,1-2H3;1H/t12-;/m1./s1. The highest BCUT2D eigenvalue weighted by molar-refractivity contribution is 7.89. The summed E-state index contributed by atoms with van der Waals surface area (Å²) in [4.78, 5) is 0.305. The first-order valence-electron chi connectivity index (χ1n) is 6.75. The van der Waals surface area contributed by atoms with Crippen molar-refractivity contribution in [2.24, 2.45) is 0 Å². The molecule has 0 amide bonds. The average molecular weight is 329 g/mol. The molecule has 2 rings (SSSR count). The first-order chi connectivity index (χ1) is 9.53. The fourth-order valence-electron chi connectivity index (χ4n) is 2.07. The maximum Gasteiger partial charge on any atom is 0.240 e. The van der Waals surface area contributed by atoms with Crippen LogP contribution in [0.2, 0.25) is 0 Å². The number of hydrogen-bond donors (Lipinski definition) is 2. The van der Waals surface area contributed by atoms with Gasteiger partial charge in [-0.25, -0.2) is 13.1 Å². The number of rotatable bonds is 6. The summed E-state index contributed by atoms with van der Waals surface area (Å²) < 4.78 is 27.1. The lowest BCUT2D eigenvalue weighted by Gasteiger charge is -2.13. The molecule has 0 spiro atoms. The van der Waals surface area contributed by atoms with Gasteiger partial charge in [0.15, 0.2) is 0 Å². The number of likely N-dealkylation sites (N-methyl/N-ethyl adjacent to an activating group) is 1. The molecule has 1 atom stereocenters. The summed E-state index contributed by atoms with van der Waals surface area (Å²) in [6, 6.07) is 13.0. The van der Waals surface area contributed by atoms with Crippen LogP contribution in [-0.2, 0) is 10.0 Å². The monoisotopic (exact) mass is 328 g/mol. The van der Waals surface area contributed by atoms with Crippen molar-refractivity contribution < 1.29 is 8.42 Å². The summed E-state index contributed by atoms with van der Waals surface area (Å²) in [5, 5.41) is 5.13. The van der Waals surface area contributed by atoms with Crippen LogP contribution in [-0.4, -0.2) is 27.5 Å². The smallest absolute Gasteiger partial charge is 0.240 e. The molecule has 0 fully saturated rings. The van der Waals surface area contributed by atoms with Gasteiger partial charge in [-0.15, -0.1) is 12.4 Å². The molecule has 0 aliphatic rings. The molecule has 6 heteroatoms. The van der Waals surface area contributed by atoms with E-state index in [9.17, 15) is 8.42 Å². The van der Waals surface area contributed by atoms with Crippen molar-refractivity contribution >= 4 is 33.2 Å².